The van der Waals surface area contributed by atoms with Gasteiger partial charge in [0.25, 0.3) is 0 Å². The van der Waals surface area contributed by atoms with Crippen molar-refractivity contribution in [3.63, 3.8) is 0 Å². The highest BCUT2D eigenvalue weighted by molar-refractivity contribution is 7.99. The number of nitrogens with one attached hydrogen (secondary N) is 1. The molecule has 3 rings (SSSR count). The number of nitrogens with zero attached hydrogens (tertiary/aromatic N) is 3. The zero-order chi connectivity index (χ0) is 16.4. The van der Waals surface area contributed by atoms with Gasteiger partial charge < -0.3 is 5.32 Å². The molecule has 0 bridgehead atoms. The number of thioether (sulfide) groups is 1. The van der Waals surface area contributed by atoms with E-state index in [1.807, 2.05) is 35.7 Å². The molecule has 1 N–H and O–H groups in total. The second kappa shape index (κ2) is 6.72. The molecule has 0 aliphatic rings. The normalized spacial score (nSPS) is 12.5. The lowest BCUT2D eigenvalue weighted by atomic mass is 10.1. The van der Waals surface area contributed by atoms with Gasteiger partial charge in [-0.2, -0.15) is 0 Å². The summed E-state index contributed by atoms with van der Waals surface area (Å²) in [6.07, 6.45) is 1.90. The summed E-state index contributed by atoms with van der Waals surface area (Å²) in [5.41, 5.74) is 1.98. The molecule has 1 amide bonds. The summed E-state index contributed by atoms with van der Waals surface area (Å²) in [6, 6.07) is 7.89. The maximum Gasteiger partial charge on any atom is 0.230 e. The van der Waals surface area contributed by atoms with Crippen molar-refractivity contribution in [3.05, 3.63) is 45.8 Å². The summed E-state index contributed by atoms with van der Waals surface area (Å²) in [5, 5.41) is 12.0. The van der Waals surface area contributed by atoms with Gasteiger partial charge in [-0.25, -0.2) is 0 Å². The molecule has 0 saturated heterocycles. The summed E-state index contributed by atoms with van der Waals surface area (Å²) in [7, 11) is 0. The van der Waals surface area contributed by atoms with Crippen LogP contribution in [0.5, 0.6) is 0 Å². The highest BCUT2D eigenvalue weighted by Gasteiger charge is 2.15. The van der Waals surface area contributed by atoms with E-state index in [1.165, 1.54) is 27.1 Å². The molecule has 0 saturated carbocycles. The molecule has 7 heteroatoms. The van der Waals surface area contributed by atoms with Crippen molar-refractivity contribution < 1.29 is 4.79 Å². The second-order valence-electron chi connectivity index (χ2n) is 5.36. The van der Waals surface area contributed by atoms with Crippen LogP contribution < -0.4 is 5.32 Å². The minimum Gasteiger partial charge on any atom is -0.349 e. The number of carbonyl (C=O) groups is 1. The molecule has 0 aliphatic carbocycles. The average Bonchev–Trinajstić information content (AvgIpc) is 3.08. The van der Waals surface area contributed by atoms with E-state index in [1.54, 1.807) is 11.3 Å². The molecule has 0 aliphatic heterocycles. The van der Waals surface area contributed by atoms with E-state index < -0.39 is 0 Å². The second-order valence-corrected chi connectivity index (χ2v) is 7.76. The Hall–Kier alpha value is -1.86. The van der Waals surface area contributed by atoms with Gasteiger partial charge in [-0.3, -0.25) is 9.20 Å². The van der Waals surface area contributed by atoms with Crippen LogP contribution in [0, 0.1) is 13.8 Å². The number of aromatic nitrogens is 3. The Kier molecular flexibility index (Phi) is 4.68. The van der Waals surface area contributed by atoms with Crippen LogP contribution >= 0.6 is 23.1 Å². The van der Waals surface area contributed by atoms with Crippen LogP contribution in [-0.4, -0.2) is 26.3 Å². The molecule has 0 fully saturated rings. The van der Waals surface area contributed by atoms with Crippen LogP contribution in [0.1, 0.15) is 28.3 Å². The number of thiophene rings is 1. The Balaban J connectivity index is 1.60. The third kappa shape index (κ3) is 3.56. The van der Waals surface area contributed by atoms with E-state index in [-0.39, 0.29) is 11.9 Å². The smallest absolute Gasteiger partial charge is 0.230 e. The van der Waals surface area contributed by atoms with Crippen molar-refractivity contribution in [2.75, 3.05) is 5.75 Å². The van der Waals surface area contributed by atoms with E-state index in [0.717, 1.165) is 10.8 Å². The van der Waals surface area contributed by atoms with Crippen LogP contribution in [0.3, 0.4) is 0 Å². The number of rotatable bonds is 5. The summed E-state index contributed by atoms with van der Waals surface area (Å²) in [6.45, 7) is 6.19. The Morgan fingerprint density at radius 3 is 2.96 bits per heavy atom. The summed E-state index contributed by atoms with van der Waals surface area (Å²) in [5.74, 6) is 0.320. The van der Waals surface area contributed by atoms with E-state index in [4.69, 9.17) is 0 Å². The number of amides is 1. The largest absolute Gasteiger partial charge is 0.349 e. The van der Waals surface area contributed by atoms with Gasteiger partial charge in [0.2, 0.25) is 5.91 Å². The van der Waals surface area contributed by atoms with Crippen molar-refractivity contribution in [1.82, 2.24) is 19.9 Å². The fraction of sp³-hybridized carbons (Fsp3) is 0.312. The lowest BCUT2D eigenvalue weighted by Gasteiger charge is -2.13. The maximum absolute atomic E-state index is 12.2. The number of aryl methyl sites for hydroxylation is 2. The highest BCUT2D eigenvalue weighted by Crippen LogP contribution is 2.26. The molecular weight excluding hydrogens is 328 g/mol. The zero-order valence-electron chi connectivity index (χ0n) is 13.2. The first-order chi connectivity index (χ1) is 11.0. The minimum absolute atomic E-state index is 0.00145. The third-order valence-corrected chi connectivity index (χ3v) is 5.46. The van der Waals surface area contributed by atoms with Gasteiger partial charge in [0.05, 0.1) is 11.8 Å². The first kappa shape index (κ1) is 16.0. The molecule has 0 aromatic carbocycles. The monoisotopic (exact) mass is 346 g/mol. The zero-order valence-corrected chi connectivity index (χ0v) is 14.9. The Morgan fingerprint density at radius 2 is 2.22 bits per heavy atom. The van der Waals surface area contributed by atoms with Crippen LogP contribution in [-0.2, 0) is 4.79 Å². The molecule has 1 unspecified atom stereocenters. The SMILES string of the molecule is Cc1cc(C(C)NC(=O)CSc2nnc3ccccn23)c(C)s1. The maximum atomic E-state index is 12.2. The number of carbonyl (C=O) groups excluding carboxylic acids is 1. The quantitative estimate of drug-likeness (QED) is 0.720. The molecule has 5 nitrogen and oxygen atoms in total. The van der Waals surface area contributed by atoms with E-state index in [2.05, 4.69) is 35.4 Å². The molecule has 1 atom stereocenters. The summed E-state index contributed by atoms with van der Waals surface area (Å²) < 4.78 is 1.88. The van der Waals surface area contributed by atoms with Crippen LogP contribution in [0.2, 0.25) is 0 Å². The molecule has 0 spiro atoms. The standard InChI is InChI=1S/C16H18N4OS2/c1-10-8-13(12(3)23-10)11(2)17-15(21)9-22-16-19-18-14-6-4-5-7-20(14)16/h4-8,11H,9H2,1-3H3,(H,17,21). The van der Waals surface area contributed by atoms with Gasteiger partial charge in [-0.15, -0.1) is 21.5 Å². The molecule has 3 aromatic heterocycles. The highest BCUT2D eigenvalue weighted by atomic mass is 32.2. The van der Waals surface area contributed by atoms with Gasteiger partial charge >= 0.3 is 0 Å². The van der Waals surface area contributed by atoms with Gasteiger partial charge in [0.15, 0.2) is 10.8 Å². The lowest BCUT2D eigenvalue weighted by molar-refractivity contribution is -0.119. The van der Waals surface area contributed by atoms with Crippen LogP contribution in [0.4, 0.5) is 0 Å². The van der Waals surface area contributed by atoms with Crippen molar-refractivity contribution in [3.8, 4) is 0 Å². The Labute approximate surface area is 143 Å². The number of hydrogen-bond acceptors (Lipinski definition) is 5. The number of fused-ring (bicyclic) bond motifs is 1. The molecule has 3 aromatic rings. The summed E-state index contributed by atoms with van der Waals surface area (Å²) >= 11 is 3.15. The topological polar surface area (TPSA) is 59.3 Å². The molecule has 120 valence electrons. The van der Waals surface area contributed by atoms with Gasteiger partial charge in [0.1, 0.15) is 0 Å². The van der Waals surface area contributed by atoms with Gasteiger partial charge in [0, 0.05) is 16.0 Å². The molecule has 23 heavy (non-hydrogen) atoms. The number of hydrogen-bond donors (Lipinski definition) is 1. The number of pyridine rings is 1. The van der Waals surface area contributed by atoms with Crippen molar-refractivity contribution in [1.29, 1.82) is 0 Å². The first-order valence-corrected chi connectivity index (χ1v) is 9.13. The summed E-state index contributed by atoms with van der Waals surface area (Å²) in [4.78, 5) is 14.7. The Morgan fingerprint density at radius 1 is 1.39 bits per heavy atom. The predicted octanol–water partition coefficient (Wildman–Crippen LogP) is 3.38. The van der Waals surface area contributed by atoms with E-state index in [0.29, 0.717) is 5.75 Å². The van der Waals surface area contributed by atoms with Gasteiger partial charge in [-0.05, 0) is 44.5 Å². The fourth-order valence-electron chi connectivity index (χ4n) is 2.49. The van der Waals surface area contributed by atoms with Crippen molar-refractivity contribution in [2.45, 2.75) is 32.0 Å². The Bertz CT molecular complexity index is 840. The molecular formula is C16H18N4OS2. The molecule has 0 radical (unpaired) electrons. The van der Waals surface area contributed by atoms with E-state index in [9.17, 15) is 4.79 Å². The fourth-order valence-corrected chi connectivity index (χ4v) is 4.25. The van der Waals surface area contributed by atoms with E-state index >= 15 is 0 Å². The van der Waals surface area contributed by atoms with Gasteiger partial charge in [-0.1, -0.05) is 17.8 Å². The lowest BCUT2D eigenvalue weighted by Crippen LogP contribution is -2.28. The van der Waals surface area contributed by atoms with Crippen molar-refractivity contribution in [2.24, 2.45) is 0 Å². The van der Waals surface area contributed by atoms with Crippen LogP contribution in [0.15, 0.2) is 35.6 Å². The molecule has 3 heterocycles. The minimum atomic E-state index is -0.00145. The first-order valence-electron chi connectivity index (χ1n) is 7.33. The van der Waals surface area contributed by atoms with Crippen molar-refractivity contribution >= 4 is 34.7 Å². The average molecular weight is 346 g/mol. The third-order valence-electron chi connectivity index (χ3n) is 3.54. The predicted molar refractivity (Wildman–Crippen MR) is 94.1 cm³/mol. The van der Waals surface area contributed by atoms with Crippen LogP contribution in [0.25, 0.3) is 5.65 Å².